The number of fused-ring (bicyclic) bond motifs is 1. The number of hydrogen-bond donors (Lipinski definition) is 2. The highest BCUT2D eigenvalue weighted by Crippen LogP contribution is 2.29. The Morgan fingerprint density at radius 1 is 1.27 bits per heavy atom. The number of aromatic nitrogens is 1. The fourth-order valence-electron chi connectivity index (χ4n) is 2.97. The van der Waals surface area contributed by atoms with Crippen molar-refractivity contribution in [3.8, 4) is 0 Å². The summed E-state index contributed by atoms with van der Waals surface area (Å²) in [5, 5.41) is 4.62. The van der Waals surface area contributed by atoms with Gasteiger partial charge >= 0.3 is 0 Å². The second kappa shape index (κ2) is 5.42. The van der Waals surface area contributed by atoms with Crippen molar-refractivity contribution in [3.05, 3.63) is 35.9 Å². The van der Waals surface area contributed by atoms with Crippen LogP contribution in [0.1, 0.15) is 12.0 Å². The van der Waals surface area contributed by atoms with E-state index in [1.807, 2.05) is 18.4 Å². The molecular formula is C17H18N4O. The zero-order chi connectivity index (χ0) is 14.9. The first-order valence-electron chi connectivity index (χ1n) is 7.53. The molecule has 1 aromatic heterocycles. The lowest BCUT2D eigenvalue weighted by Gasteiger charge is -2.15. The summed E-state index contributed by atoms with van der Waals surface area (Å²) in [7, 11) is 0. The van der Waals surface area contributed by atoms with Crippen molar-refractivity contribution < 1.29 is 4.74 Å². The summed E-state index contributed by atoms with van der Waals surface area (Å²) in [6.45, 7) is 2.29. The Morgan fingerprint density at radius 2 is 2.23 bits per heavy atom. The number of nitrogens with one attached hydrogen (secondary N) is 1. The monoisotopic (exact) mass is 294 g/mol. The van der Waals surface area contributed by atoms with Crippen LogP contribution in [-0.4, -0.2) is 37.0 Å². The van der Waals surface area contributed by atoms with Crippen molar-refractivity contribution in [2.75, 3.05) is 30.8 Å². The predicted octanol–water partition coefficient (Wildman–Crippen LogP) is 2.49. The van der Waals surface area contributed by atoms with Crippen molar-refractivity contribution in [2.45, 2.75) is 12.5 Å². The molecule has 2 aliphatic rings. The summed E-state index contributed by atoms with van der Waals surface area (Å²) >= 11 is 0. The second-order valence-corrected chi connectivity index (χ2v) is 5.71. The van der Waals surface area contributed by atoms with Crippen LogP contribution in [-0.2, 0) is 4.74 Å². The van der Waals surface area contributed by atoms with E-state index in [9.17, 15) is 0 Å². The molecule has 1 unspecified atom stereocenters. The molecule has 3 heterocycles. The summed E-state index contributed by atoms with van der Waals surface area (Å²) < 4.78 is 5.43. The molecule has 1 aromatic carbocycles. The molecule has 0 spiro atoms. The van der Waals surface area contributed by atoms with E-state index >= 15 is 0 Å². The van der Waals surface area contributed by atoms with Gasteiger partial charge in [-0.1, -0.05) is 12.1 Å². The number of nitrogens with zero attached hydrogens (tertiary/aromatic N) is 2. The van der Waals surface area contributed by atoms with Crippen LogP contribution in [0.2, 0.25) is 0 Å². The number of nitrogens with two attached hydrogens (primary N) is 1. The van der Waals surface area contributed by atoms with Crippen LogP contribution >= 0.6 is 0 Å². The van der Waals surface area contributed by atoms with Crippen LogP contribution in [0.15, 0.2) is 35.3 Å². The molecule has 1 atom stereocenters. The van der Waals surface area contributed by atoms with Crippen LogP contribution < -0.4 is 11.1 Å². The Balaban J connectivity index is 1.73. The number of hydrogen-bond acceptors (Lipinski definition) is 5. The number of allylic oxidation sites excluding steroid dienone is 1. The number of anilines is 2. The van der Waals surface area contributed by atoms with Crippen LogP contribution in [0.5, 0.6) is 0 Å². The van der Waals surface area contributed by atoms with E-state index in [0.29, 0.717) is 11.9 Å². The maximum Gasteiger partial charge on any atom is 0.126 e. The van der Waals surface area contributed by atoms with E-state index in [0.717, 1.165) is 48.3 Å². The third-order valence-corrected chi connectivity index (χ3v) is 4.13. The van der Waals surface area contributed by atoms with Gasteiger partial charge in [-0.05, 0) is 29.7 Å². The molecule has 1 fully saturated rings. The van der Waals surface area contributed by atoms with Gasteiger partial charge in [0.1, 0.15) is 5.82 Å². The lowest BCUT2D eigenvalue weighted by Crippen LogP contribution is -2.19. The molecule has 1 saturated heterocycles. The number of rotatable bonds is 3. The minimum atomic E-state index is 0.343. The van der Waals surface area contributed by atoms with Gasteiger partial charge in [0.2, 0.25) is 0 Å². The molecule has 0 radical (unpaired) electrons. The fraction of sp³-hybridized carbons (Fsp3) is 0.294. The number of nitrogen functional groups attached to an aromatic ring is 1. The summed E-state index contributed by atoms with van der Waals surface area (Å²) in [6, 6.07) is 8.56. The fourth-order valence-corrected chi connectivity index (χ4v) is 2.97. The molecule has 5 nitrogen and oxygen atoms in total. The molecule has 5 heteroatoms. The maximum atomic E-state index is 5.98. The number of pyridine rings is 1. The number of aliphatic imine (C=N–C) groups is 1. The van der Waals surface area contributed by atoms with Crippen molar-refractivity contribution in [1.29, 1.82) is 0 Å². The van der Waals surface area contributed by atoms with Gasteiger partial charge in [0, 0.05) is 30.0 Å². The lowest BCUT2D eigenvalue weighted by atomic mass is 10.0. The van der Waals surface area contributed by atoms with Crippen LogP contribution in [0.3, 0.4) is 0 Å². The molecule has 0 bridgehead atoms. The zero-order valence-corrected chi connectivity index (χ0v) is 12.2. The van der Waals surface area contributed by atoms with E-state index in [4.69, 9.17) is 10.5 Å². The summed E-state index contributed by atoms with van der Waals surface area (Å²) in [5.74, 6) is 0.530. The second-order valence-electron chi connectivity index (χ2n) is 5.71. The van der Waals surface area contributed by atoms with Gasteiger partial charge in [0.25, 0.3) is 0 Å². The summed E-state index contributed by atoms with van der Waals surface area (Å²) in [5.41, 5.74) is 10.3. The molecule has 112 valence electrons. The Morgan fingerprint density at radius 3 is 3.00 bits per heavy atom. The predicted molar refractivity (Wildman–Crippen MR) is 90.3 cm³/mol. The molecule has 3 N–H and O–H groups in total. The van der Waals surface area contributed by atoms with Crippen molar-refractivity contribution in [3.63, 3.8) is 0 Å². The van der Waals surface area contributed by atoms with Crippen molar-refractivity contribution >= 4 is 34.2 Å². The standard InChI is InChI=1S/C17H18N4O/c18-17-8-16(20-13-4-6-22-10-13)14-2-1-11(7-15(14)21-17)12-3-5-19-9-12/h1-3,5,7-8,13H,4,6,9-10H2,(H3,18,20,21). The third kappa shape index (κ3) is 2.44. The quantitative estimate of drug-likeness (QED) is 0.912. The van der Waals surface area contributed by atoms with Crippen molar-refractivity contribution in [2.24, 2.45) is 4.99 Å². The molecule has 0 amide bonds. The average molecular weight is 294 g/mol. The first kappa shape index (κ1) is 13.3. The highest BCUT2D eigenvalue weighted by Gasteiger charge is 2.17. The molecule has 22 heavy (non-hydrogen) atoms. The Hall–Kier alpha value is -2.40. The average Bonchev–Trinajstić information content (AvgIpc) is 3.20. The number of ether oxygens (including phenoxy) is 1. The van der Waals surface area contributed by atoms with Gasteiger partial charge in [-0.25, -0.2) is 4.98 Å². The van der Waals surface area contributed by atoms with Gasteiger partial charge in [-0.3, -0.25) is 4.99 Å². The summed E-state index contributed by atoms with van der Waals surface area (Å²) in [6.07, 6.45) is 4.91. The van der Waals surface area contributed by atoms with E-state index in [2.05, 4.69) is 33.5 Å². The molecule has 2 aliphatic heterocycles. The van der Waals surface area contributed by atoms with Crippen LogP contribution in [0.25, 0.3) is 16.5 Å². The molecule has 4 rings (SSSR count). The number of benzene rings is 1. The van der Waals surface area contributed by atoms with E-state index in [1.165, 1.54) is 5.57 Å². The highest BCUT2D eigenvalue weighted by atomic mass is 16.5. The SMILES string of the molecule is Nc1cc(NC2CCOC2)c2ccc(C3=CC=NC3)cc2n1. The molecule has 0 aliphatic carbocycles. The Kier molecular flexibility index (Phi) is 3.27. The first-order chi connectivity index (χ1) is 10.8. The van der Waals surface area contributed by atoms with E-state index < -0.39 is 0 Å². The van der Waals surface area contributed by atoms with Gasteiger partial charge < -0.3 is 15.8 Å². The molecule has 0 saturated carbocycles. The Bertz CT molecular complexity index is 776. The van der Waals surface area contributed by atoms with Gasteiger partial charge in [0.05, 0.1) is 24.7 Å². The normalized spacial score (nSPS) is 20.5. The van der Waals surface area contributed by atoms with E-state index in [1.54, 1.807) is 0 Å². The smallest absolute Gasteiger partial charge is 0.126 e. The van der Waals surface area contributed by atoms with Gasteiger partial charge in [0.15, 0.2) is 0 Å². The van der Waals surface area contributed by atoms with Gasteiger partial charge in [-0.2, -0.15) is 0 Å². The third-order valence-electron chi connectivity index (χ3n) is 4.13. The molecular weight excluding hydrogens is 276 g/mol. The topological polar surface area (TPSA) is 72.5 Å². The van der Waals surface area contributed by atoms with Crippen LogP contribution in [0.4, 0.5) is 11.5 Å². The largest absolute Gasteiger partial charge is 0.384 e. The van der Waals surface area contributed by atoms with Crippen molar-refractivity contribution in [1.82, 2.24) is 4.98 Å². The Labute approximate surface area is 128 Å². The minimum Gasteiger partial charge on any atom is -0.384 e. The van der Waals surface area contributed by atoms with E-state index in [-0.39, 0.29) is 0 Å². The summed E-state index contributed by atoms with van der Waals surface area (Å²) in [4.78, 5) is 8.72. The molecule has 2 aromatic rings. The highest BCUT2D eigenvalue weighted by molar-refractivity contribution is 5.97. The maximum absolute atomic E-state index is 5.98. The van der Waals surface area contributed by atoms with Gasteiger partial charge in [-0.15, -0.1) is 0 Å². The zero-order valence-electron chi connectivity index (χ0n) is 12.2. The first-order valence-corrected chi connectivity index (χ1v) is 7.53. The van der Waals surface area contributed by atoms with Crippen LogP contribution in [0, 0.1) is 0 Å². The minimum absolute atomic E-state index is 0.343. The lowest BCUT2D eigenvalue weighted by molar-refractivity contribution is 0.195.